The van der Waals surface area contributed by atoms with Crippen LogP contribution in [0.2, 0.25) is 0 Å². The number of ether oxygens (including phenoxy) is 1. The van der Waals surface area contributed by atoms with Gasteiger partial charge in [0, 0.05) is 32.1 Å². The quantitative estimate of drug-likeness (QED) is 0.649. The van der Waals surface area contributed by atoms with E-state index in [2.05, 4.69) is 17.4 Å². The SMILES string of the molecule is NC[C@H](CC1CCCCC1)Nc1c(N2CCO[C@@H](Cc3ccccc3)C2)c(=O)c1=O. The number of nitrogens with zero attached hydrogens (tertiary/aromatic N) is 1. The van der Waals surface area contributed by atoms with Crippen molar-refractivity contribution in [1.82, 2.24) is 0 Å². The van der Waals surface area contributed by atoms with E-state index in [0.29, 0.717) is 43.5 Å². The number of morpholine rings is 1. The number of hydrogen-bond acceptors (Lipinski definition) is 6. The van der Waals surface area contributed by atoms with Crippen LogP contribution in [0.5, 0.6) is 0 Å². The fraction of sp³-hybridized carbons (Fsp3) is 0.583. The number of rotatable bonds is 8. The Labute approximate surface area is 178 Å². The largest absolute Gasteiger partial charge is 0.376 e. The first-order valence-corrected chi connectivity index (χ1v) is 11.4. The van der Waals surface area contributed by atoms with Crippen molar-refractivity contribution in [1.29, 1.82) is 0 Å². The average molecular weight is 412 g/mol. The summed E-state index contributed by atoms with van der Waals surface area (Å²) in [6.07, 6.45) is 8.13. The molecule has 1 aliphatic heterocycles. The fourth-order valence-electron chi connectivity index (χ4n) is 4.98. The van der Waals surface area contributed by atoms with Gasteiger partial charge in [-0.15, -0.1) is 0 Å². The molecule has 0 unspecified atom stereocenters. The summed E-state index contributed by atoms with van der Waals surface area (Å²) in [5.41, 5.74) is 7.43. The Balaban J connectivity index is 1.42. The predicted molar refractivity (Wildman–Crippen MR) is 121 cm³/mol. The third-order valence-electron chi connectivity index (χ3n) is 6.62. The molecule has 6 nitrogen and oxygen atoms in total. The predicted octanol–water partition coefficient (Wildman–Crippen LogP) is 2.44. The Bertz CT molecular complexity index is 885. The molecular formula is C24H33N3O3. The van der Waals surface area contributed by atoms with Gasteiger partial charge in [-0.05, 0) is 17.9 Å². The zero-order valence-electron chi connectivity index (χ0n) is 17.6. The van der Waals surface area contributed by atoms with Gasteiger partial charge < -0.3 is 20.7 Å². The van der Waals surface area contributed by atoms with E-state index in [1.807, 2.05) is 23.1 Å². The van der Waals surface area contributed by atoms with E-state index in [1.165, 1.54) is 37.7 Å². The van der Waals surface area contributed by atoms with Crippen molar-refractivity contribution >= 4 is 11.4 Å². The molecule has 4 rings (SSSR count). The summed E-state index contributed by atoms with van der Waals surface area (Å²) in [7, 11) is 0. The minimum absolute atomic E-state index is 0.00551. The Kier molecular flexibility index (Phi) is 6.85. The minimum atomic E-state index is -0.404. The van der Waals surface area contributed by atoms with Crippen molar-refractivity contribution in [3.05, 3.63) is 56.3 Å². The molecule has 0 aromatic heterocycles. The minimum Gasteiger partial charge on any atom is -0.376 e. The van der Waals surface area contributed by atoms with Gasteiger partial charge in [-0.1, -0.05) is 62.4 Å². The van der Waals surface area contributed by atoms with Gasteiger partial charge in [0.15, 0.2) is 0 Å². The maximum atomic E-state index is 12.4. The van der Waals surface area contributed by atoms with Crippen molar-refractivity contribution < 1.29 is 4.74 Å². The third-order valence-corrected chi connectivity index (χ3v) is 6.62. The number of hydrogen-bond donors (Lipinski definition) is 2. The highest BCUT2D eigenvalue weighted by atomic mass is 16.5. The van der Waals surface area contributed by atoms with Gasteiger partial charge in [-0.25, -0.2) is 0 Å². The first-order chi connectivity index (χ1) is 14.7. The topological polar surface area (TPSA) is 84.7 Å². The second-order valence-corrected chi connectivity index (χ2v) is 8.83. The van der Waals surface area contributed by atoms with Gasteiger partial charge in [0.1, 0.15) is 11.4 Å². The number of benzene rings is 1. The van der Waals surface area contributed by atoms with E-state index in [-0.39, 0.29) is 17.6 Å². The highest BCUT2D eigenvalue weighted by Gasteiger charge is 2.31. The van der Waals surface area contributed by atoms with Crippen LogP contribution < -0.4 is 26.8 Å². The molecule has 0 bridgehead atoms. The maximum Gasteiger partial charge on any atom is 0.253 e. The molecule has 30 heavy (non-hydrogen) atoms. The summed E-state index contributed by atoms with van der Waals surface area (Å²) in [5, 5.41) is 3.34. The molecule has 2 aromatic rings. The van der Waals surface area contributed by atoms with Crippen LogP contribution in [0.15, 0.2) is 39.9 Å². The van der Waals surface area contributed by atoms with Crippen LogP contribution in [0.25, 0.3) is 0 Å². The summed E-state index contributed by atoms with van der Waals surface area (Å²) >= 11 is 0. The molecule has 1 saturated carbocycles. The van der Waals surface area contributed by atoms with Crippen LogP contribution in [0.1, 0.15) is 44.1 Å². The Hall–Kier alpha value is -2.18. The van der Waals surface area contributed by atoms with Crippen molar-refractivity contribution in [3.63, 3.8) is 0 Å². The van der Waals surface area contributed by atoms with E-state index in [4.69, 9.17) is 10.5 Å². The average Bonchev–Trinajstić information content (AvgIpc) is 2.79. The zero-order valence-corrected chi connectivity index (χ0v) is 17.6. The lowest BCUT2D eigenvalue weighted by Crippen LogP contribution is -2.51. The van der Waals surface area contributed by atoms with Gasteiger partial charge in [-0.2, -0.15) is 0 Å². The molecule has 1 heterocycles. The molecule has 162 valence electrons. The zero-order chi connectivity index (χ0) is 20.9. The number of anilines is 2. The van der Waals surface area contributed by atoms with Crippen molar-refractivity contribution in [3.8, 4) is 0 Å². The fourth-order valence-corrected chi connectivity index (χ4v) is 4.98. The smallest absolute Gasteiger partial charge is 0.253 e. The molecule has 0 radical (unpaired) electrons. The van der Waals surface area contributed by atoms with E-state index in [0.717, 1.165) is 12.8 Å². The Morgan fingerprint density at radius 1 is 1.10 bits per heavy atom. The van der Waals surface area contributed by atoms with Crippen LogP contribution >= 0.6 is 0 Å². The highest BCUT2D eigenvalue weighted by molar-refractivity contribution is 5.75. The summed E-state index contributed by atoms with van der Waals surface area (Å²) < 4.78 is 5.93. The van der Waals surface area contributed by atoms with Crippen LogP contribution in [-0.4, -0.2) is 38.4 Å². The molecular weight excluding hydrogens is 378 g/mol. The standard InChI is InChI=1S/C24H33N3O3/c25-15-19(13-17-7-3-1-4-8-17)26-21-22(24(29)23(21)28)27-11-12-30-20(16-27)14-18-9-5-2-6-10-18/h2,5-6,9-10,17,19-20,26H,1,3-4,7-8,11-16,25H2/t19-,20-/m0/s1. The summed E-state index contributed by atoms with van der Waals surface area (Å²) in [5.74, 6) is 0.661. The van der Waals surface area contributed by atoms with Crippen molar-refractivity contribution in [2.45, 2.75) is 57.1 Å². The lowest BCUT2D eigenvalue weighted by molar-refractivity contribution is 0.0410. The summed E-state index contributed by atoms with van der Waals surface area (Å²) in [6, 6.07) is 10.3. The molecule has 2 aliphatic rings. The number of nitrogens with one attached hydrogen (secondary N) is 1. The van der Waals surface area contributed by atoms with E-state index in [9.17, 15) is 9.59 Å². The molecule has 2 fully saturated rings. The molecule has 0 spiro atoms. The van der Waals surface area contributed by atoms with Crippen molar-refractivity contribution in [2.75, 3.05) is 36.5 Å². The van der Waals surface area contributed by atoms with Crippen LogP contribution in [0, 0.1) is 5.92 Å². The van der Waals surface area contributed by atoms with Gasteiger partial charge in [0.05, 0.1) is 12.7 Å². The van der Waals surface area contributed by atoms with Crippen molar-refractivity contribution in [2.24, 2.45) is 11.7 Å². The molecule has 2 aromatic carbocycles. The molecule has 1 saturated heterocycles. The number of nitrogens with two attached hydrogens (primary N) is 1. The lowest BCUT2D eigenvalue weighted by atomic mass is 9.84. The van der Waals surface area contributed by atoms with Crippen LogP contribution in [0.3, 0.4) is 0 Å². The molecule has 0 amide bonds. The molecule has 6 heteroatoms. The first kappa shape index (κ1) is 21.1. The second-order valence-electron chi connectivity index (χ2n) is 8.83. The van der Waals surface area contributed by atoms with Gasteiger partial charge in [0.25, 0.3) is 10.9 Å². The molecule has 2 atom stereocenters. The highest BCUT2D eigenvalue weighted by Crippen LogP contribution is 2.29. The molecule has 1 aliphatic carbocycles. The van der Waals surface area contributed by atoms with E-state index < -0.39 is 5.43 Å². The summed E-state index contributed by atoms with van der Waals surface area (Å²) in [6.45, 7) is 2.26. The second kappa shape index (κ2) is 9.75. The van der Waals surface area contributed by atoms with Gasteiger partial charge in [-0.3, -0.25) is 9.59 Å². The Morgan fingerprint density at radius 3 is 2.60 bits per heavy atom. The molecule has 3 N–H and O–H groups in total. The summed E-state index contributed by atoms with van der Waals surface area (Å²) in [4.78, 5) is 26.8. The Morgan fingerprint density at radius 2 is 1.87 bits per heavy atom. The van der Waals surface area contributed by atoms with Gasteiger partial charge >= 0.3 is 0 Å². The first-order valence-electron chi connectivity index (χ1n) is 11.4. The van der Waals surface area contributed by atoms with Crippen LogP contribution in [0.4, 0.5) is 11.4 Å². The maximum absolute atomic E-state index is 12.4. The van der Waals surface area contributed by atoms with Crippen LogP contribution in [-0.2, 0) is 11.2 Å². The third kappa shape index (κ3) is 4.76. The van der Waals surface area contributed by atoms with E-state index in [1.54, 1.807) is 0 Å². The lowest BCUT2D eigenvalue weighted by Gasteiger charge is -2.36. The monoisotopic (exact) mass is 411 g/mol. The normalized spacial score (nSPS) is 21.6. The van der Waals surface area contributed by atoms with Gasteiger partial charge in [0.2, 0.25) is 0 Å². The van der Waals surface area contributed by atoms with E-state index >= 15 is 0 Å².